The van der Waals surface area contributed by atoms with Crippen LogP contribution >= 0.6 is 24.0 Å². The highest BCUT2D eigenvalue weighted by atomic mass is 127. The minimum atomic E-state index is 0. The highest BCUT2D eigenvalue weighted by Crippen LogP contribution is 2.19. The Labute approximate surface area is 165 Å². The lowest BCUT2D eigenvalue weighted by molar-refractivity contribution is 0.0698. The maximum Gasteiger partial charge on any atom is 0.190 e. The number of nitrogens with one attached hydrogen (secondary N) is 2. The summed E-state index contributed by atoms with van der Waals surface area (Å²) in [4.78, 5) is 6.81. The normalized spacial score (nSPS) is 16.7. The van der Waals surface area contributed by atoms with Gasteiger partial charge < -0.3 is 25.0 Å². The summed E-state index contributed by atoms with van der Waals surface area (Å²) in [6.07, 6.45) is 4.87. The predicted octanol–water partition coefficient (Wildman–Crippen LogP) is 1.94. The average Bonchev–Trinajstić information content (AvgIpc) is 2.60. The van der Waals surface area contributed by atoms with Gasteiger partial charge in [-0.05, 0) is 51.2 Å². The molecule has 1 fully saturated rings. The van der Waals surface area contributed by atoms with Crippen LogP contribution in [0.3, 0.4) is 0 Å². The highest BCUT2D eigenvalue weighted by molar-refractivity contribution is 14.0. The Hall–Kier alpha value is -0.120. The van der Waals surface area contributed by atoms with Crippen LogP contribution < -0.4 is 10.6 Å². The molecular formula is C17H37IN4O2. The first-order valence-electron chi connectivity index (χ1n) is 9.03. The van der Waals surface area contributed by atoms with E-state index >= 15 is 0 Å². The molecule has 0 atom stereocenters. The summed E-state index contributed by atoms with van der Waals surface area (Å²) in [7, 11) is 3.51. The first-order chi connectivity index (χ1) is 11.3. The van der Waals surface area contributed by atoms with E-state index in [4.69, 9.17) is 9.47 Å². The van der Waals surface area contributed by atoms with Crippen molar-refractivity contribution in [2.75, 3.05) is 66.7 Å². The van der Waals surface area contributed by atoms with E-state index in [0.717, 1.165) is 38.0 Å². The number of rotatable bonds is 11. The lowest BCUT2D eigenvalue weighted by Crippen LogP contribution is -2.40. The van der Waals surface area contributed by atoms with E-state index < -0.39 is 0 Å². The third-order valence-electron chi connectivity index (χ3n) is 4.41. The van der Waals surface area contributed by atoms with E-state index in [0.29, 0.717) is 13.2 Å². The molecule has 1 aliphatic heterocycles. The molecule has 0 aromatic rings. The largest absolute Gasteiger partial charge is 0.382 e. The third kappa shape index (κ3) is 11.4. The Morgan fingerprint density at radius 1 is 1.12 bits per heavy atom. The van der Waals surface area contributed by atoms with Gasteiger partial charge in [0.2, 0.25) is 0 Å². The molecule has 0 saturated carbocycles. The minimum Gasteiger partial charge on any atom is -0.382 e. The van der Waals surface area contributed by atoms with Crippen molar-refractivity contribution in [2.45, 2.75) is 32.6 Å². The molecule has 0 aromatic carbocycles. The van der Waals surface area contributed by atoms with E-state index in [9.17, 15) is 0 Å². The summed E-state index contributed by atoms with van der Waals surface area (Å²) >= 11 is 0. The molecule has 0 aliphatic carbocycles. The molecule has 6 nitrogen and oxygen atoms in total. The molecule has 144 valence electrons. The van der Waals surface area contributed by atoms with Gasteiger partial charge >= 0.3 is 0 Å². The quantitative estimate of drug-likeness (QED) is 0.216. The third-order valence-corrected chi connectivity index (χ3v) is 4.41. The zero-order valence-corrected chi connectivity index (χ0v) is 18.0. The number of hydrogen-bond donors (Lipinski definition) is 2. The second kappa shape index (κ2) is 16.4. The maximum atomic E-state index is 5.44. The predicted molar refractivity (Wildman–Crippen MR) is 112 cm³/mol. The Morgan fingerprint density at radius 2 is 1.83 bits per heavy atom. The van der Waals surface area contributed by atoms with Gasteiger partial charge in [0, 0.05) is 33.9 Å². The Kier molecular flexibility index (Phi) is 16.3. The summed E-state index contributed by atoms with van der Waals surface area (Å²) < 4.78 is 10.4. The van der Waals surface area contributed by atoms with E-state index in [1.54, 1.807) is 7.11 Å². The molecule has 1 aliphatic rings. The summed E-state index contributed by atoms with van der Waals surface area (Å²) in [5.74, 6) is 1.76. The number of piperidine rings is 1. The number of hydrogen-bond acceptors (Lipinski definition) is 4. The van der Waals surface area contributed by atoms with Crippen molar-refractivity contribution in [2.24, 2.45) is 10.9 Å². The van der Waals surface area contributed by atoms with Crippen molar-refractivity contribution in [1.82, 2.24) is 15.5 Å². The van der Waals surface area contributed by atoms with Gasteiger partial charge in [-0.15, -0.1) is 24.0 Å². The smallest absolute Gasteiger partial charge is 0.190 e. The van der Waals surface area contributed by atoms with Crippen LogP contribution in [0.2, 0.25) is 0 Å². The van der Waals surface area contributed by atoms with Crippen LogP contribution in [-0.4, -0.2) is 77.6 Å². The SMILES string of the molecule is CCN1CCC(CCNC(=NC)NCCCOCCOC)CC1.I. The van der Waals surface area contributed by atoms with Gasteiger partial charge in [-0.2, -0.15) is 0 Å². The van der Waals surface area contributed by atoms with Crippen LogP contribution in [0.15, 0.2) is 4.99 Å². The second-order valence-electron chi connectivity index (χ2n) is 6.05. The van der Waals surface area contributed by atoms with E-state index in [1.807, 2.05) is 7.05 Å². The van der Waals surface area contributed by atoms with Crippen LogP contribution in [0.25, 0.3) is 0 Å². The molecule has 0 aromatic heterocycles. The summed E-state index contributed by atoms with van der Waals surface area (Å²) in [6, 6.07) is 0. The fraction of sp³-hybridized carbons (Fsp3) is 0.941. The standard InChI is InChI=1S/C17H36N4O2.HI/c1-4-21-11-7-16(8-12-21)6-10-20-17(18-2)19-9-5-13-23-15-14-22-3;/h16H,4-15H2,1-3H3,(H2,18,19,20);1H. The molecule has 24 heavy (non-hydrogen) atoms. The van der Waals surface area contributed by atoms with Crippen molar-refractivity contribution < 1.29 is 9.47 Å². The van der Waals surface area contributed by atoms with Crippen LogP contribution in [0, 0.1) is 5.92 Å². The van der Waals surface area contributed by atoms with Crippen molar-refractivity contribution in [3.8, 4) is 0 Å². The number of guanidine groups is 1. The molecule has 0 unspecified atom stereocenters. The van der Waals surface area contributed by atoms with Crippen LogP contribution in [0.1, 0.15) is 32.6 Å². The van der Waals surface area contributed by atoms with Gasteiger partial charge in [-0.25, -0.2) is 0 Å². The first-order valence-corrected chi connectivity index (χ1v) is 9.03. The molecular weight excluding hydrogens is 419 g/mol. The van der Waals surface area contributed by atoms with Crippen molar-refractivity contribution >= 4 is 29.9 Å². The Balaban J connectivity index is 0.00000529. The van der Waals surface area contributed by atoms with Crippen molar-refractivity contribution in [3.05, 3.63) is 0 Å². The zero-order valence-electron chi connectivity index (χ0n) is 15.7. The van der Waals surface area contributed by atoms with Gasteiger partial charge in [-0.3, -0.25) is 4.99 Å². The van der Waals surface area contributed by atoms with Gasteiger partial charge in [0.25, 0.3) is 0 Å². The highest BCUT2D eigenvalue weighted by Gasteiger charge is 2.17. The van der Waals surface area contributed by atoms with Crippen LogP contribution in [0.5, 0.6) is 0 Å². The number of nitrogens with zero attached hydrogens (tertiary/aromatic N) is 2. The first kappa shape index (κ1) is 23.9. The summed E-state index contributed by atoms with van der Waals surface area (Å²) in [5.41, 5.74) is 0. The van der Waals surface area contributed by atoms with Crippen molar-refractivity contribution in [3.63, 3.8) is 0 Å². The van der Waals surface area contributed by atoms with Crippen molar-refractivity contribution in [1.29, 1.82) is 0 Å². The van der Waals surface area contributed by atoms with E-state index in [1.165, 1.54) is 38.9 Å². The summed E-state index contributed by atoms with van der Waals surface area (Å²) in [6.45, 7) is 9.92. The molecule has 1 saturated heterocycles. The van der Waals surface area contributed by atoms with Crippen LogP contribution in [0.4, 0.5) is 0 Å². The number of ether oxygens (including phenoxy) is 2. The molecule has 2 N–H and O–H groups in total. The number of methoxy groups -OCH3 is 1. The Morgan fingerprint density at radius 3 is 2.46 bits per heavy atom. The van der Waals surface area contributed by atoms with Crippen LogP contribution in [-0.2, 0) is 9.47 Å². The lowest BCUT2D eigenvalue weighted by atomic mass is 9.93. The van der Waals surface area contributed by atoms with Gasteiger partial charge in [0.1, 0.15) is 0 Å². The number of halogens is 1. The Bertz CT molecular complexity index is 311. The topological polar surface area (TPSA) is 58.1 Å². The molecule has 1 rings (SSSR count). The fourth-order valence-corrected chi connectivity index (χ4v) is 2.83. The number of aliphatic imine (C=N–C) groups is 1. The average molecular weight is 456 g/mol. The molecule has 0 amide bonds. The van der Waals surface area contributed by atoms with Gasteiger partial charge in [0.15, 0.2) is 5.96 Å². The lowest BCUT2D eigenvalue weighted by Gasteiger charge is -2.31. The molecule has 0 bridgehead atoms. The summed E-state index contributed by atoms with van der Waals surface area (Å²) in [5, 5.41) is 6.75. The minimum absolute atomic E-state index is 0. The fourth-order valence-electron chi connectivity index (χ4n) is 2.83. The maximum absolute atomic E-state index is 5.44. The monoisotopic (exact) mass is 456 g/mol. The molecule has 7 heteroatoms. The van der Waals surface area contributed by atoms with Gasteiger partial charge in [0.05, 0.1) is 13.2 Å². The number of likely N-dealkylation sites (tertiary alicyclic amines) is 1. The second-order valence-corrected chi connectivity index (χ2v) is 6.05. The zero-order chi connectivity index (χ0) is 16.8. The molecule has 0 radical (unpaired) electrons. The van der Waals surface area contributed by atoms with Gasteiger partial charge in [-0.1, -0.05) is 6.92 Å². The van der Waals surface area contributed by atoms with E-state index in [2.05, 4.69) is 27.4 Å². The molecule has 0 spiro atoms. The molecule has 1 heterocycles. The van der Waals surface area contributed by atoms with E-state index in [-0.39, 0.29) is 24.0 Å².